The lowest BCUT2D eigenvalue weighted by molar-refractivity contribution is -0.152. The van der Waals surface area contributed by atoms with Crippen LogP contribution in [0.1, 0.15) is 53.9 Å². The predicted molar refractivity (Wildman–Crippen MR) is 78.4 cm³/mol. The van der Waals surface area contributed by atoms with E-state index in [-0.39, 0.29) is 11.9 Å². The van der Waals surface area contributed by atoms with Gasteiger partial charge in [0, 0.05) is 0 Å². The Morgan fingerprint density at radius 2 is 1.90 bits per heavy atom. The van der Waals surface area contributed by atoms with E-state index in [1.54, 1.807) is 27.7 Å². The van der Waals surface area contributed by atoms with Gasteiger partial charge in [-0.25, -0.2) is 0 Å². The molecule has 5 heteroatoms. The molecule has 2 atom stereocenters. The molecule has 2 unspecified atom stereocenters. The quantitative estimate of drug-likeness (QED) is 0.719. The summed E-state index contributed by atoms with van der Waals surface area (Å²) in [7, 11) is 0. The average molecular weight is 284 g/mol. The minimum Gasteiger partial charge on any atom is -0.481 e. The van der Waals surface area contributed by atoms with E-state index in [4.69, 9.17) is 0 Å². The lowest BCUT2D eigenvalue weighted by Gasteiger charge is -2.40. The Morgan fingerprint density at radius 3 is 2.40 bits per heavy atom. The van der Waals surface area contributed by atoms with E-state index in [2.05, 4.69) is 17.6 Å². The predicted octanol–water partition coefficient (Wildman–Crippen LogP) is 1.77. The lowest BCUT2D eigenvalue weighted by Crippen LogP contribution is -2.61. The molecule has 0 radical (unpaired) electrons. The maximum absolute atomic E-state index is 12.4. The Hall–Kier alpha value is -1.10. The Labute approximate surface area is 121 Å². The molecule has 5 nitrogen and oxygen atoms in total. The Kier molecular flexibility index (Phi) is 5.19. The van der Waals surface area contributed by atoms with Gasteiger partial charge in [0.15, 0.2) is 0 Å². The molecule has 0 spiro atoms. The van der Waals surface area contributed by atoms with Crippen LogP contribution in [0.3, 0.4) is 0 Å². The van der Waals surface area contributed by atoms with Gasteiger partial charge in [0.25, 0.3) is 0 Å². The van der Waals surface area contributed by atoms with Crippen molar-refractivity contribution in [2.45, 2.75) is 65.5 Å². The number of carboxylic acid groups (broad SMARTS) is 1. The van der Waals surface area contributed by atoms with Crippen molar-refractivity contribution in [2.24, 2.45) is 11.3 Å². The third-order valence-electron chi connectivity index (χ3n) is 4.94. The minimum absolute atomic E-state index is 0.0949. The molecule has 0 aromatic rings. The maximum atomic E-state index is 12.4. The summed E-state index contributed by atoms with van der Waals surface area (Å²) >= 11 is 0. The van der Waals surface area contributed by atoms with Gasteiger partial charge in [0.1, 0.15) is 0 Å². The minimum atomic E-state index is -1.03. The molecular weight excluding hydrogens is 256 g/mol. The van der Waals surface area contributed by atoms with Gasteiger partial charge in [-0.15, -0.1) is 0 Å². The second-order valence-electron chi connectivity index (χ2n) is 6.85. The van der Waals surface area contributed by atoms with Crippen molar-refractivity contribution in [1.29, 1.82) is 0 Å². The topological polar surface area (TPSA) is 78.4 Å². The van der Waals surface area contributed by atoms with Crippen LogP contribution in [-0.4, -0.2) is 35.1 Å². The normalized spacial score (nSPS) is 24.2. The number of hydrogen-bond donors (Lipinski definition) is 3. The first-order valence-corrected chi connectivity index (χ1v) is 7.40. The summed E-state index contributed by atoms with van der Waals surface area (Å²) in [5.41, 5.74) is -1.84. The van der Waals surface area contributed by atoms with Crippen LogP contribution in [0.5, 0.6) is 0 Å². The van der Waals surface area contributed by atoms with Crippen molar-refractivity contribution < 1.29 is 14.7 Å². The summed E-state index contributed by atoms with van der Waals surface area (Å²) in [6, 6.07) is -0.211. The largest absolute Gasteiger partial charge is 0.481 e. The number of rotatable bonds is 5. The number of amides is 1. The number of carbonyl (C=O) groups excluding carboxylic acids is 1. The highest BCUT2D eigenvalue weighted by Crippen LogP contribution is 2.31. The van der Waals surface area contributed by atoms with Crippen molar-refractivity contribution in [1.82, 2.24) is 10.6 Å². The first-order valence-electron chi connectivity index (χ1n) is 7.40. The average Bonchev–Trinajstić information content (AvgIpc) is 2.37. The van der Waals surface area contributed by atoms with Crippen LogP contribution in [0.4, 0.5) is 0 Å². The molecule has 1 rings (SSSR count). The van der Waals surface area contributed by atoms with E-state index in [1.165, 1.54) is 0 Å². The molecule has 0 aliphatic carbocycles. The van der Waals surface area contributed by atoms with Crippen molar-refractivity contribution in [3.63, 3.8) is 0 Å². The number of nitrogens with one attached hydrogen (secondary N) is 2. The fourth-order valence-electron chi connectivity index (χ4n) is 2.39. The molecule has 116 valence electrons. The summed E-state index contributed by atoms with van der Waals surface area (Å²) in [4.78, 5) is 23.7. The number of aliphatic carboxylic acids is 1. The van der Waals surface area contributed by atoms with E-state index in [9.17, 15) is 14.7 Å². The van der Waals surface area contributed by atoms with E-state index >= 15 is 0 Å². The van der Waals surface area contributed by atoms with Gasteiger partial charge in [-0.05, 0) is 53.0 Å². The first kappa shape index (κ1) is 17.0. The second kappa shape index (κ2) is 6.12. The van der Waals surface area contributed by atoms with Crippen LogP contribution >= 0.6 is 0 Å². The van der Waals surface area contributed by atoms with Gasteiger partial charge in [-0.3, -0.25) is 9.59 Å². The number of hydrogen-bond acceptors (Lipinski definition) is 3. The van der Waals surface area contributed by atoms with Crippen molar-refractivity contribution in [2.75, 3.05) is 6.54 Å². The molecule has 0 bridgehead atoms. The van der Waals surface area contributed by atoms with Gasteiger partial charge >= 0.3 is 5.97 Å². The zero-order valence-electron chi connectivity index (χ0n) is 13.2. The van der Waals surface area contributed by atoms with Crippen molar-refractivity contribution in [3.05, 3.63) is 0 Å². The molecule has 20 heavy (non-hydrogen) atoms. The van der Waals surface area contributed by atoms with E-state index < -0.39 is 16.9 Å². The van der Waals surface area contributed by atoms with Crippen molar-refractivity contribution in [3.8, 4) is 0 Å². The molecule has 1 aliphatic heterocycles. The van der Waals surface area contributed by atoms with Crippen LogP contribution in [0.2, 0.25) is 0 Å². The fraction of sp³-hybridized carbons (Fsp3) is 0.867. The third-order valence-corrected chi connectivity index (χ3v) is 4.94. The monoisotopic (exact) mass is 284 g/mol. The second-order valence-corrected chi connectivity index (χ2v) is 6.85. The number of carboxylic acids is 1. The highest BCUT2D eigenvalue weighted by Gasteiger charge is 2.45. The molecule has 1 fully saturated rings. The van der Waals surface area contributed by atoms with Gasteiger partial charge < -0.3 is 15.7 Å². The fourth-order valence-corrected chi connectivity index (χ4v) is 2.39. The SMILES string of the molecule is CCC1CCNC(C(=O)NC(C)(C)C(C)(C)C(=O)O)C1. The number of carbonyl (C=O) groups is 2. The highest BCUT2D eigenvalue weighted by atomic mass is 16.4. The highest BCUT2D eigenvalue weighted by molar-refractivity contribution is 5.84. The van der Waals surface area contributed by atoms with Gasteiger partial charge in [-0.2, -0.15) is 0 Å². The Balaban J connectivity index is 2.72. The molecule has 3 N–H and O–H groups in total. The zero-order valence-corrected chi connectivity index (χ0v) is 13.2. The molecule has 1 saturated heterocycles. The molecule has 1 amide bonds. The standard InChI is InChI=1S/C15H28N2O3/c1-6-10-7-8-16-11(9-10)12(18)17-15(4,5)14(2,3)13(19)20/h10-11,16H,6-9H2,1-5H3,(H,17,18)(H,19,20). The van der Waals surface area contributed by atoms with E-state index in [1.807, 2.05) is 0 Å². The Morgan fingerprint density at radius 1 is 1.30 bits per heavy atom. The zero-order chi connectivity index (χ0) is 15.6. The van der Waals surface area contributed by atoms with E-state index in [0.29, 0.717) is 5.92 Å². The summed E-state index contributed by atoms with van der Waals surface area (Å²) in [6.07, 6.45) is 3.01. The van der Waals surface area contributed by atoms with Crippen LogP contribution < -0.4 is 10.6 Å². The van der Waals surface area contributed by atoms with Gasteiger partial charge in [0.2, 0.25) is 5.91 Å². The smallest absolute Gasteiger partial charge is 0.311 e. The summed E-state index contributed by atoms with van der Waals surface area (Å²) in [6.45, 7) is 9.79. The van der Waals surface area contributed by atoms with Crippen LogP contribution in [0.25, 0.3) is 0 Å². The molecule has 1 heterocycles. The summed E-state index contributed by atoms with van der Waals surface area (Å²) in [5, 5.41) is 15.5. The van der Waals surface area contributed by atoms with E-state index in [0.717, 1.165) is 25.8 Å². The molecule has 0 aromatic carbocycles. The van der Waals surface area contributed by atoms with Crippen LogP contribution in [0, 0.1) is 11.3 Å². The summed E-state index contributed by atoms with van der Waals surface area (Å²) < 4.78 is 0. The first-order chi connectivity index (χ1) is 9.11. The molecule has 0 saturated carbocycles. The third kappa shape index (κ3) is 3.51. The Bertz CT molecular complexity index is 377. The molecule has 0 aromatic heterocycles. The van der Waals surface area contributed by atoms with Crippen molar-refractivity contribution >= 4 is 11.9 Å². The van der Waals surface area contributed by atoms with Gasteiger partial charge in [-0.1, -0.05) is 13.3 Å². The van der Waals surface area contributed by atoms with Gasteiger partial charge in [0.05, 0.1) is 17.0 Å². The number of piperidine rings is 1. The molecular formula is C15H28N2O3. The molecule has 1 aliphatic rings. The van der Waals surface area contributed by atoms with Crippen LogP contribution in [-0.2, 0) is 9.59 Å². The maximum Gasteiger partial charge on any atom is 0.311 e. The lowest BCUT2D eigenvalue weighted by atomic mass is 9.74. The summed E-state index contributed by atoms with van der Waals surface area (Å²) in [5.74, 6) is -0.434. The van der Waals surface area contributed by atoms with Crippen LogP contribution in [0.15, 0.2) is 0 Å².